The molecule has 0 spiro atoms. The summed E-state index contributed by atoms with van der Waals surface area (Å²) in [5.41, 5.74) is 4.03. The summed E-state index contributed by atoms with van der Waals surface area (Å²) in [6, 6.07) is 14.3. The lowest BCUT2D eigenvalue weighted by Crippen LogP contribution is -2.50. The molecule has 0 unspecified atom stereocenters. The summed E-state index contributed by atoms with van der Waals surface area (Å²) in [5.74, 6) is -0.0238. The van der Waals surface area contributed by atoms with Crippen LogP contribution in [-0.2, 0) is 0 Å². The number of aryl methyl sites for hydroxylation is 2. The molecule has 1 fully saturated rings. The molecular weight excluding hydrogens is 367 g/mol. The van der Waals surface area contributed by atoms with Gasteiger partial charge in [0.1, 0.15) is 36.1 Å². The Labute approximate surface area is 169 Å². The van der Waals surface area contributed by atoms with Gasteiger partial charge >= 0.3 is 0 Å². The molecule has 1 saturated heterocycles. The van der Waals surface area contributed by atoms with Crippen LogP contribution in [0.25, 0.3) is 10.9 Å². The van der Waals surface area contributed by atoms with Crippen LogP contribution in [0.5, 0.6) is 0 Å². The van der Waals surface area contributed by atoms with Crippen molar-refractivity contribution < 1.29 is 14.2 Å². The number of nitrogens with zero attached hydrogens (tertiary/aromatic N) is 3. The Morgan fingerprint density at radius 1 is 1.10 bits per heavy atom. The zero-order valence-electron chi connectivity index (χ0n) is 16.5. The van der Waals surface area contributed by atoms with E-state index in [9.17, 15) is 14.4 Å². The van der Waals surface area contributed by atoms with Crippen LogP contribution in [-0.4, -0.2) is 37.0 Å². The van der Waals surface area contributed by atoms with Crippen molar-refractivity contribution in [3.05, 3.63) is 70.5 Å². The Morgan fingerprint density at radius 3 is 2.52 bits per heavy atom. The summed E-state index contributed by atoms with van der Waals surface area (Å²) in [7, 11) is 0. The summed E-state index contributed by atoms with van der Waals surface area (Å²) in [6.45, 7) is 6.21. The van der Waals surface area contributed by atoms with Gasteiger partial charge in [-0.15, -0.1) is 0 Å². The second kappa shape index (κ2) is 7.51. The molecule has 1 N–H and O–H groups in total. The molecule has 1 aliphatic heterocycles. The number of halogens is 1. The van der Waals surface area contributed by atoms with Gasteiger partial charge in [0.15, 0.2) is 0 Å². The number of hydrogen-bond donors (Lipinski definition) is 0. The molecule has 29 heavy (non-hydrogen) atoms. The summed E-state index contributed by atoms with van der Waals surface area (Å²) >= 11 is 0. The minimum atomic E-state index is -0.500. The van der Waals surface area contributed by atoms with E-state index in [1.54, 1.807) is 17.0 Å². The predicted molar refractivity (Wildman–Crippen MR) is 109 cm³/mol. The monoisotopic (exact) mass is 389 g/mol. The number of aromatic nitrogens is 1. The van der Waals surface area contributed by atoms with E-state index >= 15 is 0 Å². The number of anilines is 1. The van der Waals surface area contributed by atoms with Crippen molar-refractivity contribution in [3.8, 4) is 6.07 Å². The van der Waals surface area contributed by atoms with E-state index in [1.807, 2.05) is 12.1 Å². The first-order valence-corrected chi connectivity index (χ1v) is 9.64. The van der Waals surface area contributed by atoms with E-state index in [2.05, 4.69) is 35.9 Å². The van der Waals surface area contributed by atoms with Gasteiger partial charge in [0.05, 0.1) is 18.7 Å². The van der Waals surface area contributed by atoms with Gasteiger partial charge < -0.3 is 4.90 Å². The van der Waals surface area contributed by atoms with Crippen molar-refractivity contribution in [2.24, 2.45) is 0 Å². The zero-order chi connectivity index (χ0) is 20.5. The minimum Gasteiger partial charge on any atom is -0.331 e. The smallest absolute Gasteiger partial charge is 0.293 e. The van der Waals surface area contributed by atoms with E-state index in [0.717, 1.165) is 22.3 Å². The molecule has 2 aromatic carbocycles. The number of aromatic amines is 1. The summed E-state index contributed by atoms with van der Waals surface area (Å²) in [6.07, 6.45) is 0. The fourth-order valence-corrected chi connectivity index (χ4v) is 3.81. The van der Waals surface area contributed by atoms with Crippen molar-refractivity contribution in [2.45, 2.75) is 13.8 Å². The lowest BCUT2D eigenvalue weighted by atomic mass is 10.0. The maximum absolute atomic E-state index is 14.0. The number of carbonyl (C=O) groups excluding carboxylic acids is 1. The average Bonchev–Trinajstić information content (AvgIpc) is 2.75. The highest BCUT2D eigenvalue weighted by Gasteiger charge is 2.30. The maximum Gasteiger partial charge on any atom is 0.293 e. The normalized spacial score (nSPS) is 14.1. The second-order valence-electron chi connectivity index (χ2n) is 7.37. The van der Waals surface area contributed by atoms with Crippen molar-refractivity contribution in [2.75, 3.05) is 31.1 Å². The van der Waals surface area contributed by atoms with E-state index in [0.29, 0.717) is 31.7 Å². The van der Waals surface area contributed by atoms with Crippen LogP contribution in [0.3, 0.4) is 0 Å². The molecule has 0 saturated carbocycles. The van der Waals surface area contributed by atoms with Crippen molar-refractivity contribution in [3.63, 3.8) is 0 Å². The number of H-pyrrole nitrogens is 1. The fraction of sp³-hybridized carbons (Fsp3) is 0.261. The third kappa shape index (κ3) is 3.40. The standard InChI is InChI=1S/C23H21FN4O/c1-15-7-8-17-13-18(14-25)22(26-21(17)16(15)2)27-9-11-28(12-10-27)23(29)19-5-3-4-6-20(19)24/h3-8,13H,9-12H2,1-2H3/p+1. The molecule has 1 aliphatic rings. The molecule has 1 aromatic heterocycles. The van der Waals surface area contributed by atoms with Gasteiger partial charge in [-0.05, 0) is 43.2 Å². The number of carbonyl (C=O) groups is 1. The van der Waals surface area contributed by atoms with Gasteiger partial charge in [0, 0.05) is 5.39 Å². The third-order valence-corrected chi connectivity index (χ3v) is 5.67. The highest BCUT2D eigenvalue weighted by Crippen LogP contribution is 2.24. The topological polar surface area (TPSA) is 61.5 Å². The van der Waals surface area contributed by atoms with Crippen LogP contribution in [0.4, 0.5) is 10.2 Å². The second-order valence-corrected chi connectivity index (χ2v) is 7.37. The number of nitrogens with one attached hydrogen (secondary N) is 1. The highest BCUT2D eigenvalue weighted by molar-refractivity contribution is 5.94. The molecular formula is C23H22FN4O+. The Hall–Kier alpha value is -3.46. The molecule has 0 aliphatic carbocycles. The molecule has 3 aromatic rings. The van der Waals surface area contributed by atoms with E-state index < -0.39 is 5.82 Å². The molecule has 2 heterocycles. The van der Waals surface area contributed by atoms with Crippen molar-refractivity contribution >= 4 is 22.6 Å². The number of nitriles is 1. The minimum absolute atomic E-state index is 0.0991. The fourth-order valence-electron chi connectivity index (χ4n) is 3.81. The van der Waals surface area contributed by atoms with Crippen molar-refractivity contribution in [1.29, 1.82) is 5.26 Å². The molecule has 0 atom stereocenters. The number of fused-ring (bicyclic) bond motifs is 1. The third-order valence-electron chi connectivity index (χ3n) is 5.67. The van der Waals surface area contributed by atoms with E-state index in [-0.39, 0.29) is 11.5 Å². The van der Waals surface area contributed by atoms with Crippen molar-refractivity contribution in [1.82, 2.24) is 4.90 Å². The molecule has 0 radical (unpaired) electrons. The Bertz CT molecular complexity index is 1140. The first-order valence-electron chi connectivity index (χ1n) is 9.64. The number of benzene rings is 2. The summed E-state index contributed by atoms with van der Waals surface area (Å²) in [4.78, 5) is 19.9. The number of pyridine rings is 1. The summed E-state index contributed by atoms with van der Waals surface area (Å²) in [5, 5.41) is 10.7. The van der Waals surface area contributed by atoms with Crippen LogP contribution in [0.1, 0.15) is 27.0 Å². The quantitative estimate of drug-likeness (QED) is 0.676. The summed E-state index contributed by atoms with van der Waals surface area (Å²) < 4.78 is 14.0. The van der Waals surface area contributed by atoms with Crippen LogP contribution in [0, 0.1) is 31.0 Å². The van der Waals surface area contributed by atoms with Gasteiger partial charge in [-0.25, -0.2) is 9.37 Å². The number of rotatable bonds is 2. The van der Waals surface area contributed by atoms with Gasteiger partial charge in [0.25, 0.3) is 11.7 Å². The average molecular weight is 389 g/mol. The maximum atomic E-state index is 14.0. The zero-order valence-corrected chi connectivity index (χ0v) is 16.5. The molecule has 0 bridgehead atoms. The van der Waals surface area contributed by atoms with Gasteiger partial charge in [-0.1, -0.05) is 24.3 Å². The molecule has 6 heteroatoms. The number of piperazine rings is 1. The molecule has 1 amide bonds. The van der Waals surface area contributed by atoms with Crippen LogP contribution < -0.4 is 9.88 Å². The van der Waals surface area contributed by atoms with E-state index in [4.69, 9.17) is 0 Å². The SMILES string of the molecule is Cc1ccc2cc(C#N)c(N3CCN(C(=O)c4ccccc4F)CC3)[nH+]c2c1C. The van der Waals surface area contributed by atoms with Gasteiger partial charge in [-0.2, -0.15) is 5.26 Å². The largest absolute Gasteiger partial charge is 0.331 e. The Balaban J connectivity index is 1.59. The number of amides is 1. The lowest BCUT2D eigenvalue weighted by molar-refractivity contribution is -0.331. The first-order chi connectivity index (χ1) is 14.0. The first kappa shape index (κ1) is 18.9. The highest BCUT2D eigenvalue weighted by atomic mass is 19.1. The molecule has 4 rings (SSSR count). The molecule has 146 valence electrons. The van der Waals surface area contributed by atoms with Gasteiger partial charge in [0.2, 0.25) is 0 Å². The number of hydrogen-bond acceptors (Lipinski definition) is 3. The van der Waals surface area contributed by atoms with Crippen LogP contribution in [0.2, 0.25) is 0 Å². The molecule has 5 nitrogen and oxygen atoms in total. The lowest BCUT2D eigenvalue weighted by Gasteiger charge is -2.31. The Kier molecular flexibility index (Phi) is 4.89. The van der Waals surface area contributed by atoms with Crippen LogP contribution >= 0.6 is 0 Å². The van der Waals surface area contributed by atoms with Gasteiger partial charge in [-0.3, -0.25) is 9.69 Å². The Morgan fingerprint density at radius 2 is 1.83 bits per heavy atom. The predicted octanol–water partition coefficient (Wildman–Crippen LogP) is 3.24. The van der Waals surface area contributed by atoms with E-state index in [1.165, 1.54) is 17.7 Å². The van der Waals surface area contributed by atoms with Crippen LogP contribution in [0.15, 0.2) is 42.5 Å².